The van der Waals surface area contributed by atoms with Crippen LogP contribution in [0.2, 0.25) is 0 Å². The van der Waals surface area contributed by atoms with Gasteiger partial charge in [0, 0.05) is 23.6 Å². The summed E-state index contributed by atoms with van der Waals surface area (Å²) in [6, 6.07) is 4.08. The van der Waals surface area contributed by atoms with E-state index in [1.807, 2.05) is 6.92 Å². The van der Waals surface area contributed by atoms with E-state index in [-0.39, 0.29) is 11.9 Å². The quantitative estimate of drug-likeness (QED) is 0.727. The van der Waals surface area contributed by atoms with Gasteiger partial charge in [-0.15, -0.1) is 0 Å². The minimum absolute atomic E-state index is 0.0552. The van der Waals surface area contributed by atoms with E-state index >= 15 is 0 Å². The molecule has 4 N–H and O–H groups in total. The molecule has 0 saturated heterocycles. The lowest BCUT2D eigenvalue weighted by molar-refractivity contribution is 0.249. The molecule has 1 unspecified atom stereocenters. The summed E-state index contributed by atoms with van der Waals surface area (Å²) in [4.78, 5) is 10.4. The van der Waals surface area contributed by atoms with Crippen LogP contribution in [-0.2, 0) is 0 Å². The molecule has 6 heteroatoms. The van der Waals surface area contributed by atoms with Gasteiger partial charge in [0.25, 0.3) is 0 Å². The van der Waals surface area contributed by atoms with Crippen molar-refractivity contribution < 1.29 is 9.18 Å². The highest BCUT2D eigenvalue weighted by atomic mass is 79.9. The molecule has 17 heavy (non-hydrogen) atoms. The molecule has 1 atom stereocenters. The van der Waals surface area contributed by atoms with Crippen LogP contribution in [0, 0.1) is 5.82 Å². The molecule has 2 amide bonds. The molecule has 0 bridgehead atoms. The zero-order valence-corrected chi connectivity index (χ0v) is 11.1. The van der Waals surface area contributed by atoms with Gasteiger partial charge in [0.2, 0.25) is 0 Å². The predicted molar refractivity (Wildman–Crippen MR) is 68.1 cm³/mol. The summed E-state index contributed by atoms with van der Waals surface area (Å²) in [5, 5.41) is 5.67. The lowest BCUT2D eigenvalue weighted by Crippen LogP contribution is -2.36. The summed E-state index contributed by atoms with van der Waals surface area (Å²) < 4.78 is 13.6. The number of benzene rings is 1. The maximum absolute atomic E-state index is 12.9. The third-order valence-corrected chi connectivity index (χ3v) is 2.99. The molecule has 4 nitrogen and oxygen atoms in total. The highest BCUT2D eigenvalue weighted by Crippen LogP contribution is 2.23. The number of urea groups is 1. The monoisotopic (exact) mass is 303 g/mol. The van der Waals surface area contributed by atoms with Crippen LogP contribution in [0.3, 0.4) is 0 Å². The molecule has 1 aromatic carbocycles. The molecule has 0 aromatic heterocycles. The van der Waals surface area contributed by atoms with Crippen molar-refractivity contribution in [3.8, 4) is 0 Å². The van der Waals surface area contributed by atoms with Gasteiger partial charge in [-0.25, -0.2) is 9.18 Å². The Hall–Kier alpha value is -1.14. The van der Waals surface area contributed by atoms with Gasteiger partial charge in [-0.2, -0.15) is 0 Å². The van der Waals surface area contributed by atoms with E-state index in [0.29, 0.717) is 13.1 Å². The second-order valence-corrected chi connectivity index (χ2v) is 4.49. The normalized spacial score (nSPS) is 12.2. The van der Waals surface area contributed by atoms with Crippen LogP contribution in [0.1, 0.15) is 18.5 Å². The summed E-state index contributed by atoms with van der Waals surface area (Å²) in [7, 11) is 0. The number of halogens is 2. The molecular formula is C11H15BrFN3O. The zero-order valence-electron chi connectivity index (χ0n) is 9.47. The lowest BCUT2D eigenvalue weighted by Gasteiger charge is -2.15. The van der Waals surface area contributed by atoms with Gasteiger partial charge in [0.1, 0.15) is 5.82 Å². The Labute approximate surface area is 108 Å². The molecular weight excluding hydrogens is 289 g/mol. The first-order valence-corrected chi connectivity index (χ1v) is 6.01. The van der Waals surface area contributed by atoms with Crippen LogP contribution in [-0.4, -0.2) is 19.1 Å². The van der Waals surface area contributed by atoms with Crippen molar-refractivity contribution in [2.75, 3.05) is 13.1 Å². The molecule has 94 valence electrons. The molecule has 0 aliphatic rings. The zero-order chi connectivity index (χ0) is 12.8. The van der Waals surface area contributed by atoms with Crippen LogP contribution in [0.25, 0.3) is 0 Å². The maximum atomic E-state index is 12.9. The second-order valence-electron chi connectivity index (χ2n) is 3.63. The highest BCUT2D eigenvalue weighted by molar-refractivity contribution is 9.10. The summed E-state index contributed by atoms with van der Waals surface area (Å²) in [6.45, 7) is 3.01. The molecule has 0 saturated carbocycles. The second kappa shape index (κ2) is 6.56. The van der Waals surface area contributed by atoms with E-state index in [1.54, 1.807) is 6.07 Å². The van der Waals surface area contributed by atoms with E-state index < -0.39 is 6.03 Å². The average Bonchev–Trinajstić information content (AvgIpc) is 2.23. The number of hydrogen-bond acceptors (Lipinski definition) is 2. The first kappa shape index (κ1) is 13.9. The highest BCUT2D eigenvalue weighted by Gasteiger charge is 2.09. The van der Waals surface area contributed by atoms with Crippen molar-refractivity contribution in [2.24, 2.45) is 5.73 Å². The van der Waals surface area contributed by atoms with E-state index in [4.69, 9.17) is 5.73 Å². The van der Waals surface area contributed by atoms with Crippen LogP contribution < -0.4 is 16.4 Å². The largest absolute Gasteiger partial charge is 0.352 e. The fourth-order valence-electron chi connectivity index (χ4n) is 1.44. The minimum Gasteiger partial charge on any atom is -0.352 e. The maximum Gasteiger partial charge on any atom is 0.312 e. The number of carbonyl (C=O) groups excluding carboxylic acids is 1. The van der Waals surface area contributed by atoms with Gasteiger partial charge in [0.05, 0.1) is 0 Å². The van der Waals surface area contributed by atoms with Crippen molar-refractivity contribution in [3.05, 3.63) is 34.1 Å². The van der Waals surface area contributed by atoms with Gasteiger partial charge in [-0.3, -0.25) is 0 Å². The Morgan fingerprint density at radius 3 is 2.82 bits per heavy atom. The SMILES string of the molecule is CC(NCCNC(N)=O)c1ccc(F)cc1Br. The Kier molecular flexibility index (Phi) is 5.37. The average molecular weight is 304 g/mol. The van der Waals surface area contributed by atoms with E-state index in [9.17, 15) is 9.18 Å². The van der Waals surface area contributed by atoms with E-state index in [1.165, 1.54) is 12.1 Å². The third-order valence-electron chi connectivity index (χ3n) is 2.30. The van der Waals surface area contributed by atoms with Gasteiger partial charge < -0.3 is 16.4 Å². The van der Waals surface area contributed by atoms with Gasteiger partial charge >= 0.3 is 6.03 Å². The molecule has 1 rings (SSSR count). The molecule has 0 aliphatic carbocycles. The molecule has 1 aromatic rings. The number of carbonyl (C=O) groups is 1. The Morgan fingerprint density at radius 2 is 2.24 bits per heavy atom. The summed E-state index contributed by atoms with van der Waals surface area (Å²) in [5.74, 6) is -0.275. The van der Waals surface area contributed by atoms with Crippen molar-refractivity contribution in [1.82, 2.24) is 10.6 Å². The standard InChI is InChI=1S/C11H15BrFN3O/c1-7(15-4-5-16-11(14)17)9-3-2-8(13)6-10(9)12/h2-3,6-7,15H,4-5H2,1H3,(H3,14,16,17). The lowest BCUT2D eigenvalue weighted by atomic mass is 10.1. The van der Waals surface area contributed by atoms with Crippen molar-refractivity contribution in [3.63, 3.8) is 0 Å². The number of nitrogens with one attached hydrogen (secondary N) is 2. The van der Waals surface area contributed by atoms with Gasteiger partial charge in [0.15, 0.2) is 0 Å². The molecule has 0 aliphatic heterocycles. The van der Waals surface area contributed by atoms with E-state index in [2.05, 4.69) is 26.6 Å². The molecule has 0 heterocycles. The fraction of sp³-hybridized carbons (Fsp3) is 0.364. The van der Waals surface area contributed by atoms with Crippen LogP contribution >= 0.6 is 15.9 Å². The van der Waals surface area contributed by atoms with Crippen LogP contribution in [0.5, 0.6) is 0 Å². The first-order chi connectivity index (χ1) is 8.00. The van der Waals surface area contributed by atoms with Gasteiger partial charge in [-0.1, -0.05) is 22.0 Å². The first-order valence-electron chi connectivity index (χ1n) is 5.22. The molecule has 0 fully saturated rings. The Balaban J connectivity index is 2.46. The number of hydrogen-bond donors (Lipinski definition) is 3. The fourth-order valence-corrected chi connectivity index (χ4v) is 2.13. The van der Waals surface area contributed by atoms with Crippen molar-refractivity contribution >= 4 is 22.0 Å². The third kappa shape index (κ3) is 4.70. The van der Waals surface area contributed by atoms with Crippen LogP contribution in [0.15, 0.2) is 22.7 Å². The topological polar surface area (TPSA) is 67.2 Å². The smallest absolute Gasteiger partial charge is 0.312 e. The molecule has 0 spiro atoms. The summed E-state index contributed by atoms with van der Waals surface area (Å²) in [6.07, 6.45) is 0. The van der Waals surface area contributed by atoms with E-state index in [0.717, 1.165) is 10.0 Å². The van der Waals surface area contributed by atoms with Gasteiger partial charge in [-0.05, 0) is 24.6 Å². The Bertz CT molecular complexity index is 400. The molecule has 0 radical (unpaired) electrons. The predicted octanol–water partition coefficient (Wildman–Crippen LogP) is 1.91. The minimum atomic E-state index is -0.539. The number of nitrogens with two attached hydrogens (primary N) is 1. The number of amides is 2. The van der Waals surface area contributed by atoms with Crippen molar-refractivity contribution in [2.45, 2.75) is 13.0 Å². The summed E-state index contributed by atoms with van der Waals surface area (Å²) in [5.41, 5.74) is 5.90. The number of primary amides is 1. The Morgan fingerprint density at radius 1 is 1.53 bits per heavy atom. The van der Waals surface area contributed by atoms with Crippen molar-refractivity contribution in [1.29, 1.82) is 0 Å². The van der Waals surface area contributed by atoms with Crippen LogP contribution in [0.4, 0.5) is 9.18 Å². The number of rotatable bonds is 5. The summed E-state index contributed by atoms with van der Waals surface area (Å²) >= 11 is 3.31.